The molecule has 0 amide bonds. The Morgan fingerprint density at radius 1 is 1.04 bits per heavy atom. The van der Waals surface area contributed by atoms with Crippen LogP contribution >= 0.6 is 0 Å². The normalized spacial score (nSPS) is 26.1. The van der Waals surface area contributed by atoms with E-state index in [2.05, 4.69) is 27.0 Å². The molecular formula is C19H26N4O2S. The summed E-state index contributed by atoms with van der Waals surface area (Å²) in [5, 5.41) is 4.42. The number of benzene rings is 1. The average Bonchev–Trinajstić information content (AvgIpc) is 3.09. The van der Waals surface area contributed by atoms with Gasteiger partial charge in [0.15, 0.2) is 9.84 Å². The van der Waals surface area contributed by atoms with E-state index in [9.17, 15) is 8.42 Å². The summed E-state index contributed by atoms with van der Waals surface area (Å²) in [5.41, 5.74) is 3.45. The third kappa shape index (κ3) is 3.56. The van der Waals surface area contributed by atoms with Gasteiger partial charge in [-0.3, -0.25) is 14.5 Å². The summed E-state index contributed by atoms with van der Waals surface area (Å²) in [5.74, 6) is 0.537. The molecule has 6 nitrogen and oxygen atoms in total. The van der Waals surface area contributed by atoms with E-state index >= 15 is 0 Å². The van der Waals surface area contributed by atoms with Crippen molar-refractivity contribution in [3.8, 4) is 0 Å². The minimum absolute atomic E-state index is 0.0667. The molecule has 3 heterocycles. The predicted molar refractivity (Wildman–Crippen MR) is 101 cm³/mol. The van der Waals surface area contributed by atoms with Gasteiger partial charge in [-0.2, -0.15) is 5.10 Å². The number of aromatic nitrogens is 2. The number of piperazine rings is 1. The molecule has 2 atom stereocenters. The lowest BCUT2D eigenvalue weighted by atomic mass is 10.0. The Labute approximate surface area is 155 Å². The highest BCUT2D eigenvalue weighted by atomic mass is 32.2. The fraction of sp³-hybridized carbons (Fsp3) is 0.526. The zero-order chi connectivity index (χ0) is 18.3. The van der Waals surface area contributed by atoms with Crippen LogP contribution < -0.4 is 0 Å². The molecule has 140 valence electrons. The molecule has 0 N–H and O–H groups in total. The van der Waals surface area contributed by atoms with Gasteiger partial charge < -0.3 is 0 Å². The number of rotatable bonds is 4. The van der Waals surface area contributed by atoms with Gasteiger partial charge in [0.25, 0.3) is 0 Å². The number of fused-ring (bicyclic) bond motifs is 1. The molecule has 0 spiro atoms. The molecule has 0 aliphatic carbocycles. The third-order valence-electron chi connectivity index (χ3n) is 5.62. The Kier molecular flexibility index (Phi) is 4.62. The van der Waals surface area contributed by atoms with Gasteiger partial charge in [0.2, 0.25) is 0 Å². The lowest BCUT2D eigenvalue weighted by Gasteiger charge is -2.44. The molecule has 0 bridgehead atoms. The molecule has 1 aromatic heterocycles. The second-order valence-electron chi connectivity index (χ2n) is 7.55. The van der Waals surface area contributed by atoms with Gasteiger partial charge in [0.05, 0.1) is 17.2 Å². The molecule has 0 saturated carbocycles. The lowest BCUT2D eigenvalue weighted by Crippen LogP contribution is -2.58. The van der Waals surface area contributed by atoms with Crippen molar-refractivity contribution in [2.45, 2.75) is 32.1 Å². The smallest absolute Gasteiger partial charge is 0.153 e. The molecule has 2 aliphatic rings. The SMILES string of the molecule is Cc1nn(C)cc1CN1CCN(Cc2ccccc2)[C@@H]2CS(=O)(=O)C[C@@H]21. The van der Waals surface area contributed by atoms with E-state index in [4.69, 9.17) is 0 Å². The van der Waals surface area contributed by atoms with E-state index in [1.165, 1.54) is 11.1 Å². The molecule has 2 aromatic rings. The van der Waals surface area contributed by atoms with E-state index < -0.39 is 9.84 Å². The molecule has 2 saturated heterocycles. The predicted octanol–water partition coefficient (Wildman–Crippen LogP) is 1.21. The first-order valence-electron chi connectivity index (χ1n) is 9.13. The molecule has 1 aromatic carbocycles. The lowest BCUT2D eigenvalue weighted by molar-refractivity contribution is 0.0354. The van der Waals surface area contributed by atoms with Crippen LogP contribution in [0.5, 0.6) is 0 Å². The van der Waals surface area contributed by atoms with Crippen molar-refractivity contribution in [2.24, 2.45) is 7.05 Å². The van der Waals surface area contributed by atoms with Gasteiger partial charge in [0.1, 0.15) is 0 Å². The Hall–Kier alpha value is -1.70. The van der Waals surface area contributed by atoms with Crippen molar-refractivity contribution in [3.63, 3.8) is 0 Å². The molecule has 4 rings (SSSR count). The van der Waals surface area contributed by atoms with Gasteiger partial charge in [-0.1, -0.05) is 30.3 Å². The first-order valence-corrected chi connectivity index (χ1v) is 10.9. The van der Waals surface area contributed by atoms with Crippen molar-refractivity contribution < 1.29 is 8.42 Å². The van der Waals surface area contributed by atoms with Crippen molar-refractivity contribution in [2.75, 3.05) is 24.6 Å². The number of hydrogen-bond acceptors (Lipinski definition) is 5. The Balaban J connectivity index is 1.54. The topological polar surface area (TPSA) is 58.4 Å². The largest absolute Gasteiger partial charge is 0.292 e. The van der Waals surface area contributed by atoms with Gasteiger partial charge in [-0.05, 0) is 12.5 Å². The van der Waals surface area contributed by atoms with Crippen molar-refractivity contribution >= 4 is 9.84 Å². The zero-order valence-corrected chi connectivity index (χ0v) is 16.2. The Morgan fingerprint density at radius 2 is 1.65 bits per heavy atom. The molecule has 0 unspecified atom stereocenters. The Bertz CT molecular complexity index is 878. The van der Waals surface area contributed by atoms with Crippen LogP contribution in [0.4, 0.5) is 0 Å². The molecule has 26 heavy (non-hydrogen) atoms. The first kappa shape index (κ1) is 17.7. The van der Waals surface area contributed by atoms with Crippen LogP contribution in [0.15, 0.2) is 36.5 Å². The van der Waals surface area contributed by atoms with E-state index in [0.717, 1.165) is 31.9 Å². The summed E-state index contributed by atoms with van der Waals surface area (Å²) in [6, 6.07) is 10.5. The van der Waals surface area contributed by atoms with E-state index in [0.29, 0.717) is 0 Å². The van der Waals surface area contributed by atoms with Gasteiger partial charge in [-0.25, -0.2) is 8.42 Å². The molecular weight excluding hydrogens is 348 g/mol. The fourth-order valence-electron chi connectivity index (χ4n) is 4.33. The highest BCUT2D eigenvalue weighted by Crippen LogP contribution is 2.29. The molecule has 2 aliphatic heterocycles. The summed E-state index contributed by atoms with van der Waals surface area (Å²) in [6.07, 6.45) is 2.05. The molecule has 0 radical (unpaired) electrons. The number of nitrogens with zero attached hydrogens (tertiary/aromatic N) is 4. The summed E-state index contributed by atoms with van der Waals surface area (Å²) in [4.78, 5) is 4.71. The van der Waals surface area contributed by atoms with Crippen LogP contribution in [0, 0.1) is 6.92 Å². The van der Waals surface area contributed by atoms with Crippen LogP contribution in [0.25, 0.3) is 0 Å². The minimum Gasteiger partial charge on any atom is -0.292 e. The highest BCUT2D eigenvalue weighted by molar-refractivity contribution is 7.91. The van der Waals surface area contributed by atoms with Crippen molar-refractivity contribution in [1.29, 1.82) is 0 Å². The van der Waals surface area contributed by atoms with E-state index in [-0.39, 0.29) is 23.6 Å². The van der Waals surface area contributed by atoms with Gasteiger partial charge >= 0.3 is 0 Å². The number of hydrogen-bond donors (Lipinski definition) is 0. The maximum Gasteiger partial charge on any atom is 0.153 e. The average molecular weight is 375 g/mol. The number of sulfone groups is 1. The minimum atomic E-state index is -2.99. The monoisotopic (exact) mass is 374 g/mol. The summed E-state index contributed by atoms with van der Waals surface area (Å²) in [6.45, 7) is 5.39. The zero-order valence-electron chi connectivity index (χ0n) is 15.4. The van der Waals surface area contributed by atoms with Gasteiger partial charge in [0, 0.05) is 57.1 Å². The summed E-state index contributed by atoms with van der Waals surface area (Å²) in [7, 11) is -1.06. The number of aryl methyl sites for hydroxylation is 2. The second-order valence-corrected chi connectivity index (χ2v) is 9.71. The molecule has 2 fully saturated rings. The van der Waals surface area contributed by atoms with Crippen LogP contribution in [-0.2, 0) is 30.0 Å². The van der Waals surface area contributed by atoms with Gasteiger partial charge in [-0.15, -0.1) is 0 Å². The highest BCUT2D eigenvalue weighted by Gasteiger charge is 2.46. The first-order chi connectivity index (χ1) is 12.4. The van der Waals surface area contributed by atoms with Crippen molar-refractivity contribution in [1.82, 2.24) is 19.6 Å². The van der Waals surface area contributed by atoms with Crippen LogP contribution in [0.3, 0.4) is 0 Å². The third-order valence-corrected chi connectivity index (χ3v) is 7.32. The van der Waals surface area contributed by atoms with Crippen LogP contribution in [0.2, 0.25) is 0 Å². The summed E-state index contributed by atoms with van der Waals surface area (Å²) >= 11 is 0. The van der Waals surface area contributed by atoms with E-state index in [1.807, 2.05) is 43.0 Å². The maximum absolute atomic E-state index is 12.4. The van der Waals surface area contributed by atoms with Crippen LogP contribution in [0.1, 0.15) is 16.8 Å². The second kappa shape index (κ2) is 6.79. The van der Waals surface area contributed by atoms with Crippen molar-refractivity contribution in [3.05, 3.63) is 53.3 Å². The quantitative estimate of drug-likeness (QED) is 0.805. The van der Waals surface area contributed by atoms with Crippen LogP contribution in [-0.4, -0.2) is 64.7 Å². The standard InChI is InChI=1S/C19H26N4O2S/c1-15-17(11-21(2)20-15)12-23-9-8-22(10-16-6-4-3-5-7-16)18-13-26(24,25)14-19(18)23/h3-7,11,18-19H,8-10,12-14H2,1-2H3/t18-,19+/m1/s1. The molecule has 7 heteroatoms. The Morgan fingerprint density at radius 3 is 2.23 bits per heavy atom. The summed E-state index contributed by atoms with van der Waals surface area (Å²) < 4.78 is 26.6. The maximum atomic E-state index is 12.4. The van der Waals surface area contributed by atoms with E-state index in [1.54, 1.807) is 0 Å². The fourth-order valence-corrected chi connectivity index (χ4v) is 6.37.